The Morgan fingerprint density at radius 2 is 1.84 bits per heavy atom. The van der Waals surface area contributed by atoms with E-state index in [9.17, 15) is 14.5 Å². The second-order valence-corrected chi connectivity index (χ2v) is 18.7. The molecule has 0 aliphatic carbocycles. The van der Waals surface area contributed by atoms with Gasteiger partial charge in [-0.15, -0.1) is 0 Å². The molecule has 8 rings (SSSR count). The Morgan fingerprint density at radius 3 is 2.63 bits per heavy atom. The van der Waals surface area contributed by atoms with Crippen LogP contribution in [0.3, 0.4) is 0 Å². The molecule has 3 N–H and O–H groups in total. The van der Waals surface area contributed by atoms with Crippen molar-refractivity contribution in [3.63, 3.8) is 0 Å². The van der Waals surface area contributed by atoms with E-state index in [0.717, 1.165) is 18.9 Å². The second kappa shape index (κ2) is 16.0. The third kappa shape index (κ3) is 7.81. The number of anilines is 1. The number of nitrogens with one attached hydrogen (secondary N) is 2. The number of H-pyrrole nitrogens is 1. The van der Waals surface area contributed by atoms with Crippen molar-refractivity contribution in [2.24, 2.45) is 5.92 Å². The molecule has 300 valence electrons. The molecule has 4 aromatic heterocycles. The van der Waals surface area contributed by atoms with Crippen LogP contribution in [0.25, 0.3) is 27.0 Å². The summed E-state index contributed by atoms with van der Waals surface area (Å²) in [6.45, 7) is -0.573. The van der Waals surface area contributed by atoms with E-state index in [1.807, 2.05) is 0 Å². The highest BCUT2D eigenvalue weighted by atomic mass is 32.5. The smallest absolute Gasteiger partial charge is 0.327 e. The number of hydrogen-bond acceptors (Lipinski definition) is 15. The molecule has 5 aromatic rings. The first-order valence-corrected chi connectivity index (χ1v) is 22.3. The lowest BCUT2D eigenvalue weighted by Crippen LogP contribution is -2.34. The maximum Gasteiger partial charge on any atom is 0.327 e. The highest BCUT2D eigenvalue weighted by molar-refractivity contribution is 8.07. The first-order valence-electron chi connectivity index (χ1n) is 17.2. The van der Waals surface area contributed by atoms with Crippen molar-refractivity contribution in [3.8, 4) is 0 Å². The first kappa shape index (κ1) is 39.8. The van der Waals surface area contributed by atoms with E-state index in [0.29, 0.717) is 5.56 Å². The van der Waals surface area contributed by atoms with E-state index < -0.39 is 86.3 Å². The largest absolute Gasteiger partial charge is 0.349 e. The van der Waals surface area contributed by atoms with Gasteiger partial charge in [-0.2, -0.15) is 0 Å². The van der Waals surface area contributed by atoms with Gasteiger partial charge in [-0.3, -0.25) is 18.7 Å². The van der Waals surface area contributed by atoms with Gasteiger partial charge < -0.3 is 52.2 Å². The highest BCUT2D eigenvalue weighted by Gasteiger charge is 2.53. The van der Waals surface area contributed by atoms with Crippen LogP contribution in [0, 0.1) is 18.3 Å². The second-order valence-electron chi connectivity index (χ2n) is 13.0. The SMILES string of the molecule is [C-]#[N+]CCOP1(=S)OC[C@H]2O[C@@H](n3cc(F)c4c(=O)[nH]cnc43)[C@H](OP(O)(=S)OC[C@H]3O[C@@H](n4cnc5c(NC(=O)c6ccccc6)ncnc54)[C@H](F)[C@@H]3O1)[C@@H]2C. The number of hydrogen-bond donors (Lipinski definition) is 3. The fraction of sp³-hybridized carbons (Fsp3) is 0.406. The van der Waals surface area contributed by atoms with Crippen molar-refractivity contribution in [3.05, 3.63) is 88.7 Å². The summed E-state index contributed by atoms with van der Waals surface area (Å²) >= 11 is 11.2. The van der Waals surface area contributed by atoms with Gasteiger partial charge in [0.15, 0.2) is 47.1 Å². The minimum Gasteiger partial charge on any atom is -0.349 e. The van der Waals surface area contributed by atoms with Crippen molar-refractivity contribution in [2.75, 3.05) is 31.7 Å². The fourth-order valence-corrected chi connectivity index (χ4v) is 10.3. The van der Waals surface area contributed by atoms with Gasteiger partial charge in [-0.25, -0.2) is 35.3 Å². The van der Waals surface area contributed by atoms with Crippen LogP contribution in [0.5, 0.6) is 0 Å². The van der Waals surface area contributed by atoms with E-state index in [1.54, 1.807) is 37.3 Å². The molecule has 2 unspecified atom stereocenters. The lowest BCUT2D eigenvalue weighted by molar-refractivity contribution is -0.0608. The predicted octanol–water partition coefficient (Wildman–Crippen LogP) is 3.92. The van der Waals surface area contributed by atoms with Crippen LogP contribution in [0.4, 0.5) is 14.6 Å². The third-order valence-corrected chi connectivity index (χ3v) is 13.4. The summed E-state index contributed by atoms with van der Waals surface area (Å²) < 4.78 is 76.8. The molecule has 10 atom stereocenters. The van der Waals surface area contributed by atoms with Crippen molar-refractivity contribution >= 4 is 71.0 Å². The van der Waals surface area contributed by atoms with Gasteiger partial charge in [0, 0.05) is 17.7 Å². The van der Waals surface area contributed by atoms with E-state index in [4.69, 9.17) is 62.3 Å². The van der Waals surface area contributed by atoms with Gasteiger partial charge in [0.25, 0.3) is 11.5 Å². The Kier molecular flexibility index (Phi) is 11.2. The first-order chi connectivity index (χ1) is 27.4. The van der Waals surface area contributed by atoms with Crippen LogP contribution < -0.4 is 10.9 Å². The van der Waals surface area contributed by atoms with Crippen molar-refractivity contribution < 1.29 is 50.6 Å². The van der Waals surface area contributed by atoms with Crippen molar-refractivity contribution in [1.29, 1.82) is 0 Å². The zero-order chi connectivity index (χ0) is 40.1. The van der Waals surface area contributed by atoms with Gasteiger partial charge >= 0.3 is 13.4 Å². The standard InChI is InChI=1S/C32H31F2N9O10P2S2/c1-16-19-11-49-55(57,47-9-8-35-2)53-25-20(12-48-54(46,56)52-24(16)32(50-19)42-10-18(33)21-27(42)37-14-39-30(21)45)51-31(22(25)34)43-15-40-23-26(36-13-38-28(23)43)41-29(44)17-6-4-3-5-7-17/h3-7,10,13-16,19-20,22,24-25,31-32H,8-9,11-12H2,1H3,(H,46,56)(H,37,39,45)(H,36,38,41,44)/t16-,19-,20-,22-,24-,25-,31-,32-,54?,55?/m1/s1. The lowest BCUT2D eigenvalue weighted by atomic mass is 10.0. The molecule has 3 fully saturated rings. The molecule has 0 saturated carbocycles. The van der Waals surface area contributed by atoms with E-state index >= 15 is 8.78 Å². The summed E-state index contributed by atoms with van der Waals surface area (Å²) in [6.07, 6.45) is -5.17. The molecule has 3 aliphatic rings. The quantitative estimate of drug-likeness (QED) is 0.120. The average Bonchev–Trinajstić information content (AvgIpc) is 3.93. The summed E-state index contributed by atoms with van der Waals surface area (Å²) in [5, 5.41) is 2.36. The van der Waals surface area contributed by atoms with Crippen LogP contribution >= 0.6 is 13.4 Å². The molecule has 0 radical (unpaired) electrons. The number of rotatable bonds is 7. The van der Waals surface area contributed by atoms with Gasteiger partial charge in [0.1, 0.15) is 36.6 Å². The molecule has 0 spiro atoms. The topological polar surface area (TPSA) is 213 Å². The van der Waals surface area contributed by atoms with Crippen LogP contribution in [0.2, 0.25) is 0 Å². The van der Waals surface area contributed by atoms with Crippen LogP contribution in [0.1, 0.15) is 29.7 Å². The monoisotopic (exact) mass is 865 g/mol. The molecule has 3 aliphatic heterocycles. The minimum absolute atomic E-state index is 0.0565. The molecule has 19 nitrogen and oxygen atoms in total. The molecular formula is C32H31F2N9O10P2S2. The summed E-state index contributed by atoms with van der Waals surface area (Å²) in [4.78, 5) is 59.3. The van der Waals surface area contributed by atoms with Crippen molar-refractivity contribution in [2.45, 2.75) is 50.0 Å². The number of carbonyl (C=O) groups excluding carboxylic acids is 1. The Morgan fingerprint density at radius 1 is 1.07 bits per heavy atom. The highest BCUT2D eigenvalue weighted by Crippen LogP contribution is 2.57. The third-order valence-electron chi connectivity index (χ3n) is 9.47. The molecule has 57 heavy (non-hydrogen) atoms. The number of amides is 1. The zero-order valence-corrected chi connectivity index (χ0v) is 32.8. The number of fused-ring (bicyclic) bond motifs is 5. The minimum atomic E-state index is -4.25. The maximum atomic E-state index is 16.8. The Hall–Kier alpha value is -4.01. The number of nitrogens with zero attached hydrogens (tertiary/aromatic N) is 7. The van der Waals surface area contributed by atoms with Gasteiger partial charge in [0.05, 0.1) is 32.0 Å². The summed E-state index contributed by atoms with van der Waals surface area (Å²) in [6, 6.07) is 8.41. The normalized spacial score (nSPS) is 31.9. The summed E-state index contributed by atoms with van der Waals surface area (Å²) in [5.41, 5.74) is -0.215. The number of alkyl halides is 1. The van der Waals surface area contributed by atoms with Gasteiger partial charge in [-0.1, -0.05) is 25.1 Å². The van der Waals surface area contributed by atoms with E-state index in [2.05, 4.69) is 35.1 Å². The Bertz CT molecular complexity index is 2530. The van der Waals surface area contributed by atoms with Gasteiger partial charge in [-0.05, 0) is 35.7 Å². The van der Waals surface area contributed by atoms with Crippen molar-refractivity contribution in [1.82, 2.24) is 34.1 Å². The molecule has 3 saturated heterocycles. The maximum absolute atomic E-state index is 16.8. The predicted molar refractivity (Wildman–Crippen MR) is 202 cm³/mol. The number of imidazole rings is 1. The van der Waals surface area contributed by atoms with Crippen LogP contribution in [-0.2, 0) is 55.7 Å². The molecule has 7 heterocycles. The van der Waals surface area contributed by atoms with Crippen LogP contribution in [0.15, 0.2) is 60.3 Å². The summed E-state index contributed by atoms with van der Waals surface area (Å²) in [5.74, 6) is -1.95. The Balaban J connectivity index is 1.11. The lowest BCUT2D eigenvalue weighted by Gasteiger charge is -2.29. The fourth-order valence-electron chi connectivity index (χ4n) is 6.70. The van der Waals surface area contributed by atoms with E-state index in [1.165, 1.54) is 15.5 Å². The summed E-state index contributed by atoms with van der Waals surface area (Å²) in [7, 11) is 0. The number of ether oxygens (including phenoxy) is 2. The van der Waals surface area contributed by atoms with E-state index in [-0.39, 0.29) is 47.8 Å². The molecule has 1 amide bonds. The number of carbonyl (C=O) groups is 1. The van der Waals surface area contributed by atoms with Gasteiger partial charge in [0.2, 0.25) is 6.54 Å². The van der Waals surface area contributed by atoms with Crippen LogP contribution in [-0.4, -0.2) is 102 Å². The molecular weight excluding hydrogens is 834 g/mol. The molecule has 1 aromatic carbocycles. The average molecular weight is 866 g/mol. The zero-order valence-electron chi connectivity index (χ0n) is 29.4. The number of halogens is 2. The Labute approximate surface area is 330 Å². The molecule has 2 bridgehead atoms. The number of aromatic nitrogens is 7. The molecule has 25 heteroatoms. The number of aromatic amines is 1. The number of benzene rings is 1.